The van der Waals surface area contributed by atoms with Crippen LogP contribution in [-0.4, -0.2) is 46.9 Å². The van der Waals surface area contributed by atoms with Gasteiger partial charge >= 0.3 is 5.97 Å². The monoisotopic (exact) mass is 354 g/mol. The number of anilines is 2. The summed E-state index contributed by atoms with van der Waals surface area (Å²) in [5.74, 6) is -0.296. The Kier molecular flexibility index (Phi) is 4.46. The van der Waals surface area contributed by atoms with Gasteiger partial charge < -0.3 is 9.64 Å². The molecule has 0 aromatic heterocycles. The van der Waals surface area contributed by atoms with Crippen molar-refractivity contribution in [3.63, 3.8) is 0 Å². The maximum atomic E-state index is 12.0. The van der Waals surface area contributed by atoms with Gasteiger partial charge in [-0.3, -0.25) is 18.2 Å². The minimum Gasteiger partial charge on any atom is -0.465 e. The van der Waals surface area contributed by atoms with Crippen LogP contribution >= 0.6 is 10.8 Å². The number of carbonyl (C=O) groups is 2. The SMILES string of the molecule is COC(=O)c1cc2c(c(N3CCCCS3(O)O)c1)CCN2C(C)=O. The molecule has 2 N–H and O–H groups in total. The number of carbonyl (C=O) groups excluding carboxylic acids is 2. The van der Waals surface area contributed by atoms with E-state index in [0.29, 0.717) is 42.2 Å². The number of rotatable bonds is 2. The highest BCUT2D eigenvalue weighted by atomic mass is 32.3. The summed E-state index contributed by atoms with van der Waals surface area (Å²) in [6.07, 6.45) is 2.23. The Hall–Kier alpha value is -1.77. The topological polar surface area (TPSA) is 90.3 Å². The first-order chi connectivity index (χ1) is 11.3. The maximum absolute atomic E-state index is 12.0. The summed E-state index contributed by atoms with van der Waals surface area (Å²) in [4.78, 5) is 25.5. The molecular weight excluding hydrogens is 332 g/mol. The summed E-state index contributed by atoms with van der Waals surface area (Å²) in [6.45, 7) is 2.52. The smallest absolute Gasteiger partial charge is 0.337 e. The second-order valence-corrected chi connectivity index (χ2v) is 8.16. The number of amides is 1. The molecule has 0 unspecified atom stereocenters. The van der Waals surface area contributed by atoms with E-state index >= 15 is 0 Å². The average Bonchev–Trinajstić information content (AvgIpc) is 2.97. The van der Waals surface area contributed by atoms with Gasteiger partial charge in [-0.2, -0.15) is 0 Å². The van der Waals surface area contributed by atoms with Crippen LogP contribution in [0.1, 0.15) is 35.7 Å². The molecule has 0 bridgehead atoms. The van der Waals surface area contributed by atoms with Crippen LogP contribution in [0, 0.1) is 0 Å². The summed E-state index contributed by atoms with van der Waals surface area (Å²) in [6, 6.07) is 3.29. The van der Waals surface area contributed by atoms with Crippen molar-refractivity contribution in [1.29, 1.82) is 0 Å². The van der Waals surface area contributed by atoms with Crippen LogP contribution in [0.4, 0.5) is 11.4 Å². The molecule has 0 atom stereocenters. The van der Waals surface area contributed by atoms with Gasteiger partial charge in [0, 0.05) is 31.3 Å². The number of nitrogens with zero attached hydrogens (tertiary/aromatic N) is 2. The van der Waals surface area contributed by atoms with Crippen molar-refractivity contribution in [3.8, 4) is 0 Å². The van der Waals surface area contributed by atoms with Gasteiger partial charge in [0.25, 0.3) is 0 Å². The predicted octanol–water partition coefficient (Wildman–Crippen LogP) is 2.65. The quantitative estimate of drug-likeness (QED) is 0.794. The Bertz CT molecular complexity index is 691. The number of benzene rings is 1. The fourth-order valence-electron chi connectivity index (χ4n) is 3.35. The number of ether oxygens (including phenoxy) is 1. The molecule has 24 heavy (non-hydrogen) atoms. The third kappa shape index (κ3) is 2.85. The van der Waals surface area contributed by atoms with Gasteiger partial charge in [-0.25, -0.2) is 4.79 Å². The van der Waals surface area contributed by atoms with Crippen LogP contribution in [0.3, 0.4) is 0 Å². The van der Waals surface area contributed by atoms with Crippen LogP contribution in [-0.2, 0) is 16.0 Å². The molecule has 0 aliphatic carbocycles. The normalized spacial score (nSPS) is 20.5. The highest BCUT2D eigenvalue weighted by Gasteiger charge is 2.34. The molecule has 0 spiro atoms. The molecular formula is C16H22N2O5S. The number of fused-ring (bicyclic) bond motifs is 1. The van der Waals surface area contributed by atoms with E-state index in [1.165, 1.54) is 14.0 Å². The Morgan fingerprint density at radius 1 is 1.17 bits per heavy atom. The Morgan fingerprint density at radius 2 is 1.88 bits per heavy atom. The van der Waals surface area contributed by atoms with Crippen molar-refractivity contribution in [1.82, 2.24) is 0 Å². The van der Waals surface area contributed by atoms with Crippen molar-refractivity contribution < 1.29 is 23.4 Å². The zero-order chi connectivity index (χ0) is 17.5. The van der Waals surface area contributed by atoms with E-state index in [1.807, 2.05) is 0 Å². The van der Waals surface area contributed by atoms with E-state index in [-0.39, 0.29) is 5.91 Å². The largest absolute Gasteiger partial charge is 0.465 e. The summed E-state index contributed by atoms with van der Waals surface area (Å²) >= 11 is 0. The molecule has 8 heteroatoms. The van der Waals surface area contributed by atoms with Gasteiger partial charge in [0.1, 0.15) is 0 Å². The standard InChI is InChI=1S/C16H22N2O5S/c1-11(19)17-7-5-13-14(17)9-12(16(20)23-2)10-15(13)18-6-3-4-8-24(18,21)22/h9-10,21-22H,3-8H2,1-2H3. The zero-order valence-corrected chi connectivity index (χ0v) is 14.6. The predicted molar refractivity (Wildman–Crippen MR) is 93.8 cm³/mol. The van der Waals surface area contributed by atoms with Gasteiger partial charge in [-0.1, -0.05) is 0 Å². The molecule has 2 heterocycles. The lowest BCUT2D eigenvalue weighted by Crippen LogP contribution is -2.35. The van der Waals surface area contributed by atoms with Crippen molar-refractivity contribution in [2.45, 2.75) is 26.2 Å². The van der Waals surface area contributed by atoms with Crippen LogP contribution in [0.25, 0.3) is 0 Å². The number of esters is 1. The highest BCUT2D eigenvalue weighted by Crippen LogP contribution is 2.52. The third-order valence-electron chi connectivity index (χ3n) is 4.53. The third-order valence-corrected chi connectivity index (χ3v) is 6.45. The van der Waals surface area contributed by atoms with Crippen LogP contribution < -0.4 is 9.21 Å². The molecule has 0 radical (unpaired) electrons. The summed E-state index contributed by atoms with van der Waals surface area (Å²) in [5.41, 5.74) is 2.46. The molecule has 1 fully saturated rings. The molecule has 1 amide bonds. The van der Waals surface area contributed by atoms with Crippen molar-refractivity contribution in [2.75, 3.05) is 35.2 Å². The van der Waals surface area contributed by atoms with Gasteiger partial charge in [-0.15, -0.1) is 10.8 Å². The van der Waals surface area contributed by atoms with Gasteiger partial charge in [0.15, 0.2) is 0 Å². The van der Waals surface area contributed by atoms with E-state index in [1.54, 1.807) is 21.3 Å². The fraction of sp³-hybridized carbons (Fsp3) is 0.500. The molecule has 2 aliphatic rings. The second-order valence-electron chi connectivity index (χ2n) is 6.05. The van der Waals surface area contributed by atoms with E-state index in [2.05, 4.69) is 0 Å². The average molecular weight is 354 g/mol. The van der Waals surface area contributed by atoms with Crippen molar-refractivity contribution in [2.24, 2.45) is 0 Å². The van der Waals surface area contributed by atoms with Crippen molar-refractivity contribution in [3.05, 3.63) is 23.3 Å². The van der Waals surface area contributed by atoms with Gasteiger partial charge in [-0.05, 0) is 31.4 Å². The van der Waals surface area contributed by atoms with Crippen LogP contribution in [0.5, 0.6) is 0 Å². The minimum atomic E-state index is -2.91. The molecule has 7 nitrogen and oxygen atoms in total. The molecule has 3 rings (SSSR count). The maximum Gasteiger partial charge on any atom is 0.337 e. The zero-order valence-electron chi connectivity index (χ0n) is 13.8. The van der Waals surface area contributed by atoms with Crippen LogP contribution in [0.2, 0.25) is 0 Å². The number of methoxy groups -OCH3 is 1. The fourth-order valence-corrected chi connectivity index (χ4v) is 5.06. The number of hydrogen-bond donors (Lipinski definition) is 2. The Labute approximate surface area is 142 Å². The number of hydrogen-bond acceptors (Lipinski definition) is 6. The lowest BCUT2D eigenvalue weighted by atomic mass is 10.1. The van der Waals surface area contributed by atoms with Gasteiger partial charge in [0.05, 0.1) is 24.1 Å². The first-order valence-electron chi connectivity index (χ1n) is 7.92. The summed E-state index contributed by atoms with van der Waals surface area (Å²) in [7, 11) is -1.61. The highest BCUT2D eigenvalue weighted by molar-refractivity contribution is 8.25. The van der Waals surface area contributed by atoms with E-state index in [0.717, 1.165) is 18.4 Å². The second kappa shape index (κ2) is 6.27. The Balaban J connectivity index is 2.15. The molecule has 132 valence electrons. The van der Waals surface area contributed by atoms with Crippen LogP contribution in [0.15, 0.2) is 12.1 Å². The molecule has 1 aromatic carbocycles. The lowest BCUT2D eigenvalue weighted by Gasteiger charge is -2.48. The molecule has 0 saturated carbocycles. The van der Waals surface area contributed by atoms with E-state index < -0.39 is 16.7 Å². The van der Waals surface area contributed by atoms with Crippen molar-refractivity contribution >= 4 is 34.0 Å². The molecule has 2 aliphatic heterocycles. The summed E-state index contributed by atoms with van der Waals surface area (Å²) in [5, 5.41) is 0. The minimum absolute atomic E-state index is 0.105. The summed E-state index contributed by atoms with van der Waals surface area (Å²) < 4.78 is 27.3. The van der Waals surface area contributed by atoms with E-state index in [9.17, 15) is 18.7 Å². The molecule has 1 aromatic rings. The molecule has 1 saturated heterocycles. The van der Waals surface area contributed by atoms with Gasteiger partial charge in [0.2, 0.25) is 5.91 Å². The lowest BCUT2D eigenvalue weighted by molar-refractivity contribution is -0.116. The van der Waals surface area contributed by atoms with E-state index in [4.69, 9.17) is 4.74 Å². The first kappa shape index (κ1) is 17.1. The Morgan fingerprint density at radius 3 is 2.50 bits per heavy atom. The first-order valence-corrected chi connectivity index (χ1v) is 9.59.